The van der Waals surface area contributed by atoms with Crippen LogP contribution in [-0.2, 0) is 4.79 Å². The second kappa shape index (κ2) is 9.62. The number of nitrogens with zero attached hydrogens (tertiary/aromatic N) is 5. The Balaban J connectivity index is 1.21. The fraction of sp³-hybridized carbons (Fsp3) is 0.400. The number of anilines is 1. The Morgan fingerprint density at radius 2 is 1.79 bits per heavy atom. The van der Waals surface area contributed by atoms with Crippen LogP contribution in [0.2, 0.25) is 0 Å². The van der Waals surface area contributed by atoms with Crippen LogP contribution in [0.15, 0.2) is 47.1 Å². The molecule has 1 saturated heterocycles. The van der Waals surface area contributed by atoms with Crippen LogP contribution in [0.4, 0.5) is 5.82 Å². The van der Waals surface area contributed by atoms with E-state index in [0.717, 1.165) is 30.1 Å². The number of benzene rings is 1. The maximum atomic E-state index is 13.0. The average molecular weight is 462 g/mol. The van der Waals surface area contributed by atoms with E-state index >= 15 is 0 Å². The number of carbonyl (C=O) groups excluding carboxylic acids is 2. The molecule has 0 atom stereocenters. The zero-order chi connectivity index (χ0) is 23.5. The van der Waals surface area contributed by atoms with E-state index in [1.54, 1.807) is 35.4 Å². The SMILES string of the molecule is CC(=O)Oc1ccccc1C(=O)N1CCN(c2ccc(-c3noc(C4CCCC4)n3)cn2)CC1. The lowest BCUT2D eigenvalue weighted by Crippen LogP contribution is -2.49. The van der Waals surface area contributed by atoms with Crippen LogP contribution in [-0.4, -0.2) is 58.1 Å². The van der Waals surface area contributed by atoms with Crippen molar-refractivity contribution in [2.75, 3.05) is 31.1 Å². The molecular weight excluding hydrogens is 434 g/mol. The molecule has 0 bridgehead atoms. The van der Waals surface area contributed by atoms with Crippen molar-refractivity contribution in [1.82, 2.24) is 20.0 Å². The largest absolute Gasteiger partial charge is 0.426 e. The molecule has 2 fully saturated rings. The minimum Gasteiger partial charge on any atom is -0.426 e. The van der Waals surface area contributed by atoms with Gasteiger partial charge in [0.15, 0.2) is 0 Å². The van der Waals surface area contributed by atoms with Crippen LogP contribution < -0.4 is 9.64 Å². The Bertz CT molecular complexity index is 1160. The first-order valence-electron chi connectivity index (χ1n) is 11.7. The van der Waals surface area contributed by atoms with Crippen LogP contribution in [0.25, 0.3) is 11.4 Å². The molecule has 9 nitrogen and oxygen atoms in total. The molecule has 3 aromatic rings. The van der Waals surface area contributed by atoms with E-state index in [0.29, 0.717) is 43.5 Å². The highest BCUT2D eigenvalue weighted by Crippen LogP contribution is 2.34. The first-order valence-corrected chi connectivity index (χ1v) is 11.7. The van der Waals surface area contributed by atoms with Gasteiger partial charge in [-0.15, -0.1) is 0 Å². The van der Waals surface area contributed by atoms with Gasteiger partial charge in [-0.05, 0) is 37.1 Å². The number of para-hydroxylation sites is 1. The molecule has 1 amide bonds. The summed E-state index contributed by atoms with van der Waals surface area (Å²) in [5.41, 5.74) is 1.22. The molecule has 9 heteroatoms. The molecule has 5 rings (SSSR count). The summed E-state index contributed by atoms with van der Waals surface area (Å²) in [5.74, 6) is 2.22. The van der Waals surface area contributed by atoms with Gasteiger partial charge in [-0.3, -0.25) is 9.59 Å². The molecule has 0 N–H and O–H groups in total. The number of piperazine rings is 1. The monoisotopic (exact) mass is 461 g/mol. The Labute approximate surface area is 197 Å². The van der Waals surface area contributed by atoms with Gasteiger partial charge in [0.25, 0.3) is 5.91 Å². The van der Waals surface area contributed by atoms with Crippen LogP contribution >= 0.6 is 0 Å². The Morgan fingerprint density at radius 1 is 1.03 bits per heavy atom. The number of hydrogen-bond donors (Lipinski definition) is 0. The average Bonchev–Trinajstić information content (AvgIpc) is 3.56. The summed E-state index contributed by atoms with van der Waals surface area (Å²) in [6.07, 6.45) is 6.43. The van der Waals surface area contributed by atoms with Crippen molar-refractivity contribution < 1.29 is 18.8 Å². The van der Waals surface area contributed by atoms with Gasteiger partial charge in [-0.1, -0.05) is 30.1 Å². The molecule has 34 heavy (non-hydrogen) atoms. The van der Waals surface area contributed by atoms with Crippen molar-refractivity contribution >= 4 is 17.7 Å². The molecule has 176 valence electrons. The van der Waals surface area contributed by atoms with E-state index in [9.17, 15) is 9.59 Å². The number of aromatic nitrogens is 3. The van der Waals surface area contributed by atoms with Crippen molar-refractivity contribution in [2.24, 2.45) is 0 Å². The molecule has 1 aromatic carbocycles. The molecule has 2 aromatic heterocycles. The molecule has 1 saturated carbocycles. The zero-order valence-corrected chi connectivity index (χ0v) is 19.1. The maximum Gasteiger partial charge on any atom is 0.308 e. The van der Waals surface area contributed by atoms with E-state index in [4.69, 9.17) is 9.26 Å². The van der Waals surface area contributed by atoms with Crippen LogP contribution in [0.1, 0.15) is 54.8 Å². The summed E-state index contributed by atoms with van der Waals surface area (Å²) in [6, 6.07) is 10.7. The summed E-state index contributed by atoms with van der Waals surface area (Å²) in [7, 11) is 0. The maximum absolute atomic E-state index is 13.0. The minimum absolute atomic E-state index is 0.144. The van der Waals surface area contributed by atoms with Gasteiger partial charge in [0, 0.05) is 50.8 Å². The normalized spacial score (nSPS) is 16.6. The third-order valence-electron chi connectivity index (χ3n) is 6.41. The van der Waals surface area contributed by atoms with Gasteiger partial charge >= 0.3 is 5.97 Å². The van der Waals surface area contributed by atoms with Crippen molar-refractivity contribution in [2.45, 2.75) is 38.5 Å². The standard InChI is InChI=1S/C25H27N5O4/c1-17(31)33-21-9-5-4-8-20(21)25(32)30-14-12-29(13-15-30)22-11-10-19(16-26-22)23-27-24(34-28-23)18-6-2-3-7-18/h4-5,8-11,16,18H,2-3,6-7,12-15H2,1H3. The number of rotatable bonds is 5. The quantitative estimate of drug-likeness (QED) is 0.419. The number of ether oxygens (including phenoxy) is 1. The molecule has 1 aliphatic heterocycles. The number of hydrogen-bond acceptors (Lipinski definition) is 8. The summed E-state index contributed by atoms with van der Waals surface area (Å²) in [6.45, 7) is 3.73. The smallest absolute Gasteiger partial charge is 0.308 e. The highest BCUT2D eigenvalue weighted by molar-refractivity contribution is 5.97. The van der Waals surface area contributed by atoms with E-state index in [1.807, 2.05) is 12.1 Å². The molecule has 0 spiro atoms. The van der Waals surface area contributed by atoms with E-state index in [-0.39, 0.29) is 11.7 Å². The van der Waals surface area contributed by atoms with Gasteiger partial charge in [0.05, 0.1) is 5.56 Å². The van der Waals surface area contributed by atoms with E-state index in [2.05, 4.69) is 20.0 Å². The number of carbonyl (C=O) groups is 2. The van der Waals surface area contributed by atoms with Crippen LogP contribution in [0, 0.1) is 0 Å². The van der Waals surface area contributed by atoms with E-state index < -0.39 is 5.97 Å². The van der Waals surface area contributed by atoms with Crippen molar-refractivity contribution in [3.63, 3.8) is 0 Å². The molecule has 0 radical (unpaired) electrons. The van der Waals surface area contributed by atoms with Crippen LogP contribution in [0.3, 0.4) is 0 Å². The molecule has 3 heterocycles. The Kier molecular flexibility index (Phi) is 6.24. The zero-order valence-electron chi connectivity index (χ0n) is 19.1. The topological polar surface area (TPSA) is 102 Å². The molecular formula is C25H27N5O4. The predicted molar refractivity (Wildman–Crippen MR) is 125 cm³/mol. The fourth-order valence-corrected chi connectivity index (χ4v) is 4.59. The second-order valence-electron chi connectivity index (χ2n) is 8.71. The number of amides is 1. The van der Waals surface area contributed by atoms with E-state index in [1.165, 1.54) is 19.8 Å². The lowest BCUT2D eigenvalue weighted by molar-refractivity contribution is -0.131. The van der Waals surface area contributed by atoms with Crippen molar-refractivity contribution in [3.8, 4) is 17.1 Å². The third kappa shape index (κ3) is 4.64. The highest BCUT2D eigenvalue weighted by Gasteiger charge is 2.26. The van der Waals surface area contributed by atoms with Crippen molar-refractivity contribution in [3.05, 3.63) is 54.0 Å². The Hall–Kier alpha value is -3.75. The number of esters is 1. The highest BCUT2D eigenvalue weighted by atomic mass is 16.5. The molecule has 2 aliphatic rings. The Morgan fingerprint density at radius 3 is 2.50 bits per heavy atom. The number of pyridine rings is 1. The van der Waals surface area contributed by atoms with Crippen molar-refractivity contribution in [1.29, 1.82) is 0 Å². The summed E-state index contributed by atoms with van der Waals surface area (Å²) in [4.78, 5) is 37.5. The molecule has 1 aliphatic carbocycles. The third-order valence-corrected chi connectivity index (χ3v) is 6.41. The van der Waals surface area contributed by atoms with Gasteiger partial charge < -0.3 is 19.1 Å². The van der Waals surface area contributed by atoms with Crippen LogP contribution in [0.5, 0.6) is 5.75 Å². The van der Waals surface area contributed by atoms with Gasteiger partial charge in [0.2, 0.25) is 11.7 Å². The molecule has 0 unspecified atom stereocenters. The first-order chi connectivity index (χ1) is 16.6. The predicted octanol–water partition coefficient (Wildman–Crippen LogP) is 3.68. The summed E-state index contributed by atoms with van der Waals surface area (Å²) in [5, 5.41) is 4.14. The minimum atomic E-state index is -0.449. The second-order valence-corrected chi connectivity index (χ2v) is 8.71. The first kappa shape index (κ1) is 22.1. The summed E-state index contributed by atoms with van der Waals surface area (Å²) < 4.78 is 10.7. The lowest BCUT2D eigenvalue weighted by atomic mass is 10.1. The summed E-state index contributed by atoms with van der Waals surface area (Å²) >= 11 is 0. The fourth-order valence-electron chi connectivity index (χ4n) is 4.59. The lowest BCUT2D eigenvalue weighted by Gasteiger charge is -2.35. The van der Waals surface area contributed by atoms with Gasteiger partial charge in [-0.2, -0.15) is 4.98 Å². The van der Waals surface area contributed by atoms with Gasteiger partial charge in [0.1, 0.15) is 11.6 Å². The van der Waals surface area contributed by atoms with Gasteiger partial charge in [-0.25, -0.2) is 4.98 Å².